The summed E-state index contributed by atoms with van der Waals surface area (Å²) >= 11 is 6.03. The van der Waals surface area contributed by atoms with Crippen molar-refractivity contribution in [3.63, 3.8) is 0 Å². The van der Waals surface area contributed by atoms with E-state index in [-0.39, 0.29) is 22.4 Å². The molecule has 1 rings (SSSR count). The minimum absolute atomic E-state index is 0.189. The average Bonchev–Trinajstić information content (AvgIpc) is 2.42. The molecule has 0 aliphatic carbocycles. The third-order valence-electron chi connectivity index (χ3n) is 2.84. The lowest BCUT2D eigenvalue weighted by Crippen LogP contribution is -2.44. The minimum atomic E-state index is -1.08. The molecule has 2 N–H and O–H groups in total. The fraction of sp³-hybridized carbons (Fsp3) is 0.533. The molecule has 0 radical (unpaired) electrons. The number of carboxylic acid groups (broad SMARTS) is 1. The van der Waals surface area contributed by atoms with Crippen LogP contribution in [0.5, 0.6) is 5.88 Å². The topological polar surface area (TPSA) is 88.5 Å². The Bertz CT molecular complexity index is 546. The number of rotatable bonds is 7. The van der Waals surface area contributed by atoms with Crippen LogP contribution in [0, 0.1) is 11.8 Å². The second kappa shape index (κ2) is 7.98. The Balaban J connectivity index is 2.82. The smallest absolute Gasteiger partial charge is 0.326 e. The zero-order chi connectivity index (χ0) is 16.9. The molecular formula is C15H21ClN2O4. The molecule has 0 fully saturated rings. The van der Waals surface area contributed by atoms with Gasteiger partial charge in [0.15, 0.2) is 0 Å². The first-order valence-corrected chi connectivity index (χ1v) is 7.42. The number of hydrogen-bond acceptors (Lipinski definition) is 4. The van der Waals surface area contributed by atoms with Crippen molar-refractivity contribution >= 4 is 23.5 Å². The highest BCUT2D eigenvalue weighted by Gasteiger charge is 2.24. The SMILES string of the molecule is CC(C)COc1ncc(C(=O)NC(C(=O)O)C(C)C)cc1Cl. The highest BCUT2D eigenvalue weighted by atomic mass is 35.5. The molecule has 0 aromatic carbocycles. The van der Waals surface area contributed by atoms with Gasteiger partial charge in [0, 0.05) is 6.20 Å². The van der Waals surface area contributed by atoms with E-state index >= 15 is 0 Å². The van der Waals surface area contributed by atoms with Crippen LogP contribution in [0.3, 0.4) is 0 Å². The number of halogens is 1. The first kappa shape index (κ1) is 18.2. The predicted molar refractivity (Wildman–Crippen MR) is 83.3 cm³/mol. The number of carboxylic acids is 1. The number of hydrogen-bond donors (Lipinski definition) is 2. The Kier molecular flexibility index (Phi) is 6.61. The van der Waals surface area contributed by atoms with Gasteiger partial charge in [0.2, 0.25) is 5.88 Å². The summed E-state index contributed by atoms with van der Waals surface area (Å²) in [5.41, 5.74) is 0.189. The van der Waals surface area contributed by atoms with Crippen molar-refractivity contribution in [1.29, 1.82) is 0 Å². The van der Waals surface area contributed by atoms with Crippen molar-refractivity contribution in [1.82, 2.24) is 10.3 Å². The molecule has 1 unspecified atom stereocenters. The Morgan fingerprint density at radius 2 is 2.00 bits per heavy atom. The van der Waals surface area contributed by atoms with Gasteiger partial charge in [0.05, 0.1) is 12.2 Å². The van der Waals surface area contributed by atoms with Crippen LogP contribution in [0.1, 0.15) is 38.1 Å². The number of nitrogens with zero attached hydrogens (tertiary/aromatic N) is 1. The monoisotopic (exact) mass is 328 g/mol. The van der Waals surface area contributed by atoms with Gasteiger partial charge in [-0.1, -0.05) is 39.3 Å². The molecule has 0 spiro atoms. The molecule has 1 aromatic rings. The van der Waals surface area contributed by atoms with Crippen LogP contribution in [0.2, 0.25) is 5.02 Å². The molecule has 1 heterocycles. The largest absolute Gasteiger partial charge is 0.480 e. The van der Waals surface area contributed by atoms with Gasteiger partial charge in [-0.3, -0.25) is 4.79 Å². The van der Waals surface area contributed by atoms with Gasteiger partial charge in [-0.05, 0) is 17.9 Å². The molecule has 0 aliphatic rings. The van der Waals surface area contributed by atoms with Gasteiger partial charge >= 0.3 is 5.97 Å². The van der Waals surface area contributed by atoms with Gasteiger partial charge in [-0.2, -0.15) is 0 Å². The molecule has 6 nitrogen and oxygen atoms in total. The summed E-state index contributed by atoms with van der Waals surface area (Å²) in [7, 11) is 0. The van der Waals surface area contributed by atoms with Crippen molar-refractivity contribution in [2.75, 3.05) is 6.61 Å². The maximum atomic E-state index is 12.1. The van der Waals surface area contributed by atoms with Crippen LogP contribution in [-0.2, 0) is 4.79 Å². The Morgan fingerprint density at radius 3 is 2.45 bits per heavy atom. The summed E-state index contributed by atoms with van der Waals surface area (Å²) in [6, 6.07) is 0.446. The molecule has 0 bridgehead atoms. The minimum Gasteiger partial charge on any atom is -0.480 e. The molecule has 1 atom stereocenters. The number of pyridine rings is 1. The molecular weight excluding hydrogens is 308 g/mol. The number of amides is 1. The third kappa shape index (κ3) is 5.18. The van der Waals surface area contributed by atoms with E-state index in [2.05, 4.69) is 10.3 Å². The second-order valence-electron chi connectivity index (χ2n) is 5.75. The van der Waals surface area contributed by atoms with Crippen molar-refractivity contribution in [3.05, 3.63) is 22.8 Å². The van der Waals surface area contributed by atoms with Crippen molar-refractivity contribution < 1.29 is 19.4 Å². The Labute approximate surface area is 134 Å². The summed E-state index contributed by atoms with van der Waals surface area (Å²) in [6.07, 6.45) is 1.32. The van der Waals surface area contributed by atoms with E-state index in [4.69, 9.17) is 21.4 Å². The van der Waals surface area contributed by atoms with Gasteiger partial charge in [-0.15, -0.1) is 0 Å². The standard InChI is InChI=1S/C15H21ClN2O4/c1-8(2)7-22-14-11(16)5-10(6-17-14)13(19)18-12(9(3)4)15(20)21/h5-6,8-9,12H,7H2,1-4H3,(H,18,19)(H,20,21). The third-order valence-corrected chi connectivity index (χ3v) is 3.11. The zero-order valence-electron chi connectivity index (χ0n) is 13.1. The summed E-state index contributed by atoms with van der Waals surface area (Å²) in [6.45, 7) is 7.88. The lowest BCUT2D eigenvalue weighted by molar-refractivity contribution is -0.140. The molecule has 0 saturated carbocycles. The number of ether oxygens (including phenoxy) is 1. The van der Waals surface area contributed by atoms with Crippen LogP contribution < -0.4 is 10.1 Å². The van der Waals surface area contributed by atoms with Crippen molar-refractivity contribution in [2.45, 2.75) is 33.7 Å². The van der Waals surface area contributed by atoms with Gasteiger partial charge in [-0.25, -0.2) is 9.78 Å². The zero-order valence-corrected chi connectivity index (χ0v) is 13.8. The van der Waals surface area contributed by atoms with Gasteiger partial charge < -0.3 is 15.2 Å². The fourth-order valence-electron chi connectivity index (χ4n) is 1.64. The van der Waals surface area contributed by atoms with Crippen LogP contribution in [0.4, 0.5) is 0 Å². The van der Waals surface area contributed by atoms with Crippen LogP contribution >= 0.6 is 11.6 Å². The molecule has 122 valence electrons. The predicted octanol–water partition coefficient (Wildman–Crippen LogP) is 2.61. The molecule has 7 heteroatoms. The van der Waals surface area contributed by atoms with E-state index in [0.29, 0.717) is 12.5 Å². The molecule has 0 saturated heterocycles. The summed E-state index contributed by atoms with van der Waals surface area (Å²) in [4.78, 5) is 27.2. The van der Waals surface area contributed by atoms with Crippen LogP contribution in [0.25, 0.3) is 0 Å². The summed E-state index contributed by atoms with van der Waals surface area (Å²) in [5, 5.41) is 11.7. The first-order valence-electron chi connectivity index (χ1n) is 7.04. The van der Waals surface area contributed by atoms with Crippen LogP contribution in [0.15, 0.2) is 12.3 Å². The highest BCUT2D eigenvalue weighted by Crippen LogP contribution is 2.23. The Morgan fingerprint density at radius 1 is 1.36 bits per heavy atom. The van der Waals surface area contributed by atoms with E-state index in [1.54, 1.807) is 13.8 Å². The molecule has 1 amide bonds. The summed E-state index contributed by atoms with van der Waals surface area (Å²) < 4.78 is 5.42. The van der Waals surface area contributed by atoms with E-state index in [1.165, 1.54) is 12.3 Å². The Hall–Kier alpha value is -1.82. The lowest BCUT2D eigenvalue weighted by Gasteiger charge is -2.18. The highest BCUT2D eigenvalue weighted by molar-refractivity contribution is 6.32. The van der Waals surface area contributed by atoms with Crippen molar-refractivity contribution in [2.24, 2.45) is 11.8 Å². The van der Waals surface area contributed by atoms with E-state index in [1.807, 2.05) is 13.8 Å². The normalized spacial score (nSPS) is 12.3. The van der Waals surface area contributed by atoms with Crippen molar-refractivity contribution in [3.8, 4) is 5.88 Å². The molecule has 1 aromatic heterocycles. The van der Waals surface area contributed by atoms with E-state index in [9.17, 15) is 9.59 Å². The van der Waals surface area contributed by atoms with Gasteiger partial charge in [0.25, 0.3) is 5.91 Å². The number of aromatic nitrogens is 1. The van der Waals surface area contributed by atoms with Gasteiger partial charge in [0.1, 0.15) is 11.1 Å². The number of aliphatic carboxylic acids is 1. The fourth-order valence-corrected chi connectivity index (χ4v) is 1.86. The second-order valence-corrected chi connectivity index (χ2v) is 6.16. The first-order chi connectivity index (χ1) is 10.2. The average molecular weight is 329 g/mol. The van der Waals surface area contributed by atoms with E-state index < -0.39 is 17.9 Å². The van der Waals surface area contributed by atoms with Crippen LogP contribution in [-0.4, -0.2) is 34.6 Å². The maximum absolute atomic E-state index is 12.1. The molecule has 0 aliphatic heterocycles. The van der Waals surface area contributed by atoms with E-state index in [0.717, 1.165) is 0 Å². The quantitative estimate of drug-likeness (QED) is 0.803. The maximum Gasteiger partial charge on any atom is 0.326 e. The number of carbonyl (C=O) groups excluding carboxylic acids is 1. The number of carbonyl (C=O) groups is 2. The molecule has 22 heavy (non-hydrogen) atoms. The number of nitrogens with one attached hydrogen (secondary N) is 1. The lowest BCUT2D eigenvalue weighted by atomic mass is 10.0. The summed E-state index contributed by atoms with van der Waals surface area (Å²) in [5.74, 6) is -1.28.